The molecule has 2 bridgehead atoms. The van der Waals surface area contributed by atoms with Gasteiger partial charge in [0.25, 0.3) is 0 Å². The molecule has 0 radical (unpaired) electrons. The fraction of sp³-hybridized carbons (Fsp3) is 0.611. The maximum absolute atomic E-state index is 12.5. The molecule has 3 N–H and O–H groups in total. The topological polar surface area (TPSA) is 67.6 Å². The van der Waals surface area contributed by atoms with Crippen molar-refractivity contribution in [3.8, 4) is 0 Å². The van der Waals surface area contributed by atoms with Gasteiger partial charge in [-0.2, -0.15) is 0 Å². The summed E-state index contributed by atoms with van der Waals surface area (Å²) in [5, 5.41) is 3.55. The summed E-state index contributed by atoms with van der Waals surface area (Å²) in [5.41, 5.74) is 7.34. The monoisotopic (exact) mass is 317 g/mol. The number of hydrogen-bond acceptors (Lipinski definition) is 4. The minimum absolute atomic E-state index is 0.164. The summed E-state index contributed by atoms with van der Waals surface area (Å²) in [6.45, 7) is 5.75. The lowest BCUT2D eigenvalue weighted by molar-refractivity contribution is 0.00684. The summed E-state index contributed by atoms with van der Waals surface area (Å²) in [5.74, 6) is 0. The number of piperidine rings is 1. The van der Waals surface area contributed by atoms with Crippen molar-refractivity contribution in [3.05, 3.63) is 24.3 Å². The second-order valence-electron chi connectivity index (χ2n) is 7.67. The number of para-hydroxylation sites is 2. The molecule has 0 aliphatic carbocycles. The largest absolute Gasteiger partial charge is 0.444 e. The lowest BCUT2D eigenvalue weighted by atomic mass is 9.97. The minimum atomic E-state index is -0.440. The van der Waals surface area contributed by atoms with Gasteiger partial charge in [-0.1, -0.05) is 12.1 Å². The number of nitrogens with zero attached hydrogens (tertiary/aromatic N) is 1. The van der Waals surface area contributed by atoms with Gasteiger partial charge in [-0.25, -0.2) is 4.79 Å². The zero-order valence-corrected chi connectivity index (χ0v) is 14.2. The molecule has 2 fully saturated rings. The van der Waals surface area contributed by atoms with Crippen molar-refractivity contribution < 1.29 is 9.53 Å². The molecule has 1 aromatic carbocycles. The van der Waals surface area contributed by atoms with Crippen molar-refractivity contribution in [1.29, 1.82) is 0 Å². The number of hydrogen-bond donors (Lipinski definition) is 2. The summed E-state index contributed by atoms with van der Waals surface area (Å²) >= 11 is 0. The summed E-state index contributed by atoms with van der Waals surface area (Å²) in [6.07, 6.45) is 3.86. The number of nitrogens with two attached hydrogens (primary N) is 1. The molecular weight excluding hydrogens is 290 g/mol. The Morgan fingerprint density at radius 1 is 1.22 bits per heavy atom. The fourth-order valence-electron chi connectivity index (χ4n) is 3.76. The van der Waals surface area contributed by atoms with E-state index in [-0.39, 0.29) is 18.2 Å². The summed E-state index contributed by atoms with van der Waals surface area (Å²) in [4.78, 5) is 14.4. The number of benzene rings is 1. The molecular formula is C18H27N3O2. The van der Waals surface area contributed by atoms with Gasteiger partial charge in [-0.3, -0.25) is 0 Å². The molecule has 2 aliphatic rings. The maximum atomic E-state index is 12.5. The van der Waals surface area contributed by atoms with E-state index in [1.165, 1.54) is 0 Å². The van der Waals surface area contributed by atoms with E-state index in [1.54, 1.807) is 0 Å². The van der Waals surface area contributed by atoms with Crippen molar-refractivity contribution in [2.75, 3.05) is 11.1 Å². The van der Waals surface area contributed by atoms with Crippen LogP contribution in [0.2, 0.25) is 0 Å². The Morgan fingerprint density at radius 3 is 2.39 bits per heavy atom. The molecule has 5 nitrogen and oxygen atoms in total. The lowest BCUT2D eigenvalue weighted by Crippen LogP contribution is -2.51. The number of carbonyl (C=O) groups is 1. The summed E-state index contributed by atoms with van der Waals surface area (Å²) < 4.78 is 5.58. The van der Waals surface area contributed by atoms with E-state index in [0.29, 0.717) is 6.04 Å². The molecule has 2 heterocycles. The smallest absolute Gasteiger partial charge is 0.410 e. The zero-order chi connectivity index (χ0) is 16.6. The normalized spacial score (nSPS) is 26.9. The van der Waals surface area contributed by atoms with E-state index in [2.05, 4.69) is 5.32 Å². The molecule has 0 unspecified atom stereocenters. The van der Waals surface area contributed by atoms with Gasteiger partial charge in [0.2, 0.25) is 0 Å². The Kier molecular flexibility index (Phi) is 4.13. The van der Waals surface area contributed by atoms with Crippen LogP contribution in [0.25, 0.3) is 0 Å². The van der Waals surface area contributed by atoms with Gasteiger partial charge in [-0.05, 0) is 58.6 Å². The van der Waals surface area contributed by atoms with Crippen LogP contribution in [0.15, 0.2) is 24.3 Å². The van der Waals surface area contributed by atoms with E-state index in [1.807, 2.05) is 49.9 Å². The molecule has 0 spiro atoms. The van der Waals surface area contributed by atoms with Crippen molar-refractivity contribution in [2.45, 2.75) is 70.2 Å². The molecule has 5 heteroatoms. The third kappa shape index (κ3) is 3.54. The Hall–Kier alpha value is -1.91. The molecule has 0 saturated carbocycles. The molecule has 0 aromatic heterocycles. The number of ether oxygens (including phenoxy) is 1. The minimum Gasteiger partial charge on any atom is -0.444 e. The molecule has 23 heavy (non-hydrogen) atoms. The van der Waals surface area contributed by atoms with E-state index >= 15 is 0 Å². The number of fused-ring (bicyclic) bond motifs is 2. The first-order valence-corrected chi connectivity index (χ1v) is 8.46. The summed E-state index contributed by atoms with van der Waals surface area (Å²) in [7, 11) is 0. The van der Waals surface area contributed by atoms with E-state index < -0.39 is 5.60 Å². The van der Waals surface area contributed by atoms with Crippen molar-refractivity contribution >= 4 is 17.5 Å². The number of rotatable bonds is 2. The van der Waals surface area contributed by atoms with Gasteiger partial charge in [0, 0.05) is 18.1 Å². The van der Waals surface area contributed by atoms with Crippen LogP contribution in [0.4, 0.5) is 16.2 Å². The van der Waals surface area contributed by atoms with Gasteiger partial charge >= 0.3 is 6.09 Å². The Bertz CT molecular complexity index is 568. The highest BCUT2D eigenvalue weighted by Crippen LogP contribution is 2.38. The number of amides is 1. The Morgan fingerprint density at radius 2 is 1.83 bits per heavy atom. The summed E-state index contributed by atoms with van der Waals surface area (Å²) in [6, 6.07) is 8.75. The second kappa shape index (κ2) is 5.95. The van der Waals surface area contributed by atoms with Crippen LogP contribution in [0.5, 0.6) is 0 Å². The van der Waals surface area contributed by atoms with Gasteiger partial charge in [-0.15, -0.1) is 0 Å². The third-order valence-electron chi connectivity index (χ3n) is 4.66. The Balaban J connectivity index is 1.65. The predicted octanol–water partition coefficient (Wildman–Crippen LogP) is 3.61. The first-order chi connectivity index (χ1) is 10.8. The average Bonchev–Trinajstić information content (AvgIpc) is 2.72. The first kappa shape index (κ1) is 16.0. The van der Waals surface area contributed by atoms with Gasteiger partial charge in [0.05, 0.1) is 11.4 Å². The van der Waals surface area contributed by atoms with Crippen LogP contribution in [0.1, 0.15) is 46.5 Å². The SMILES string of the molecule is CC(C)(C)OC(=O)N1[C@@H]2CC[C@H]1C[C@@H](Nc1ccccc1N)C2. The first-order valence-electron chi connectivity index (χ1n) is 8.46. The molecule has 126 valence electrons. The number of nitrogen functional groups attached to an aromatic ring is 1. The maximum Gasteiger partial charge on any atom is 0.410 e. The van der Waals surface area contributed by atoms with Crippen LogP contribution in [0, 0.1) is 0 Å². The number of nitrogens with one attached hydrogen (secondary N) is 1. The van der Waals surface area contributed by atoms with Crippen LogP contribution in [-0.4, -0.2) is 34.7 Å². The van der Waals surface area contributed by atoms with Crippen LogP contribution < -0.4 is 11.1 Å². The van der Waals surface area contributed by atoms with Gasteiger partial charge in [0.1, 0.15) is 5.60 Å². The predicted molar refractivity (Wildman–Crippen MR) is 92.4 cm³/mol. The number of anilines is 2. The highest BCUT2D eigenvalue weighted by atomic mass is 16.6. The fourth-order valence-corrected chi connectivity index (χ4v) is 3.76. The molecule has 2 saturated heterocycles. The van der Waals surface area contributed by atoms with E-state index in [4.69, 9.17) is 10.5 Å². The lowest BCUT2D eigenvalue weighted by Gasteiger charge is -2.40. The average molecular weight is 317 g/mol. The molecule has 3 atom stereocenters. The van der Waals surface area contributed by atoms with Crippen LogP contribution >= 0.6 is 0 Å². The second-order valence-corrected chi connectivity index (χ2v) is 7.67. The Labute approximate surface area is 138 Å². The van der Waals surface area contributed by atoms with E-state index in [0.717, 1.165) is 37.1 Å². The molecule has 1 aromatic rings. The van der Waals surface area contributed by atoms with Crippen LogP contribution in [-0.2, 0) is 4.74 Å². The quantitative estimate of drug-likeness (QED) is 0.818. The van der Waals surface area contributed by atoms with Crippen molar-refractivity contribution in [3.63, 3.8) is 0 Å². The van der Waals surface area contributed by atoms with Gasteiger partial charge < -0.3 is 20.7 Å². The highest BCUT2D eigenvalue weighted by Gasteiger charge is 2.44. The molecule has 2 aliphatic heterocycles. The molecule has 3 rings (SSSR count). The van der Waals surface area contributed by atoms with Gasteiger partial charge in [0.15, 0.2) is 0 Å². The highest BCUT2D eigenvalue weighted by molar-refractivity contribution is 5.70. The zero-order valence-electron chi connectivity index (χ0n) is 14.2. The van der Waals surface area contributed by atoms with Crippen molar-refractivity contribution in [2.24, 2.45) is 0 Å². The number of carbonyl (C=O) groups excluding carboxylic acids is 1. The standard InChI is InChI=1S/C18H27N3O2/c1-18(2,3)23-17(22)21-13-8-9-14(21)11-12(10-13)20-16-7-5-4-6-15(16)19/h4-7,12-14,20H,8-11,19H2,1-3H3/t12-,13+,14-. The van der Waals surface area contributed by atoms with E-state index in [9.17, 15) is 4.79 Å². The third-order valence-corrected chi connectivity index (χ3v) is 4.66. The molecule has 1 amide bonds. The van der Waals surface area contributed by atoms with Crippen molar-refractivity contribution in [1.82, 2.24) is 4.90 Å². The van der Waals surface area contributed by atoms with Crippen LogP contribution in [0.3, 0.4) is 0 Å².